The molecular formula is C14H19N2O4-. The number of carboxylic acid groups (broad SMARTS) is 1. The molecule has 3 N–H and O–H groups in total. The Labute approximate surface area is 117 Å². The number of anilines is 1. The SMILES string of the molecule is CC(C)(C)OC(=O)N[C@@H](Cc1ccc(N)cc1)C(=O)[O-]. The number of nitrogens with two attached hydrogens (primary N) is 1. The van der Waals surface area contributed by atoms with Crippen LogP contribution >= 0.6 is 0 Å². The fourth-order valence-electron chi connectivity index (χ4n) is 1.53. The number of aliphatic carboxylic acids is 1. The summed E-state index contributed by atoms with van der Waals surface area (Å²) in [4.78, 5) is 22.6. The van der Waals surface area contributed by atoms with E-state index in [9.17, 15) is 14.7 Å². The number of hydrogen-bond donors (Lipinski definition) is 2. The van der Waals surface area contributed by atoms with Crippen LogP contribution in [0.1, 0.15) is 26.3 Å². The van der Waals surface area contributed by atoms with Crippen LogP contribution in [-0.4, -0.2) is 23.7 Å². The van der Waals surface area contributed by atoms with Crippen molar-refractivity contribution in [2.45, 2.75) is 38.8 Å². The first-order chi connectivity index (χ1) is 9.17. The maximum Gasteiger partial charge on any atom is 0.408 e. The summed E-state index contributed by atoms with van der Waals surface area (Å²) in [6.07, 6.45) is -0.691. The van der Waals surface area contributed by atoms with Gasteiger partial charge in [0, 0.05) is 5.69 Å². The van der Waals surface area contributed by atoms with Crippen molar-refractivity contribution < 1.29 is 19.4 Å². The second-order valence-electron chi connectivity index (χ2n) is 5.46. The first-order valence-electron chi connectivity index (χ1n) is 6.22. The molecule has 0 aliphatic carbocycles. The zero-order valence-corrected chi connectivity index (χ0v) is 11.8. The smallest absolute Gasteiger partial charge is 0.408 e. The van der Waals surface area contributed by atoms with Gasteiger partial charge in [-0.05, 0) is 44.9 Å². The van der Waals surface area contributed by atoms with Crippen LogP contribution in [0, 0.1) is 0 Å². The summed E-state index contributed by atoms with van der Waals surface area (Å²) in [5.41, 5.74) is 6.16. The molecule has 0 fully saturated rings. The third-order valence-corrected chi connectivity index (χ3v) is 2.40. The lowest BCUT2D eigenvalue weighted by Crippen LogP contribution is -2.50. The number of carbonyl (C=O) groups is 2. The van der Waals surface area contributed by atoms with E-state index in [2.05, 4.69) is 5.32 Å². The first kappa shape index (κ1) is 15.8. The fourth-order valence-corrected chi connectivity index (χ4v) is 1.53. The highest BCUT2D eigenvalue weighted by atomic mass is 16.6. The number of alkyl carbamates (subject to hydrolysis) is 1. The number of benzene rings is 1. The molecule has 0 heterocycles. The minimum atomic E-state index is -1.37. The third kappa shape index (κ3) is 5.60. The quantitative estimate of drug-likeness (QED) is 0.779. The van der Waals surface area contributed by atoms with E-state index in [1.807, 2.05) is 0 Å². The van der Waals surface area contributed by atoms with Crippen LogP contribution in [-0.2, 0) is 16.0 Å². The predicted octanol–water partition coefficient (Wildman–Crippen LogP) is 0.454. The van der Waals surface area contributed by atoms with Gasteiger partial charge in [-0.3, -0.25) is 0 Å². The molecule has 0 aliphatic rings. The molecule has 0 aliphatic heterocycles. The molecule has 110 valence electrons. The molecule has 0 unspecified atom stereocenters. The standard InChI is InChI=1S/C14H20N2O4/c1-14(2,3)20-13(19)16-11(12(17)18)8-9-4-6-10(15)7-5-9/h4-7,11H,8,15H2,1-3H3,(H,16,19)(H,17,18)/p-1/t11-/m0/s1. The molecule has 1 aromatic rings. The molecule has 0 saturated carbocycles. The minimum Gasteiger partial charge on any atom is -0.548 e. The van der Waals surface area contributed by atoms with E-state index in [-0.39, 0.29) is 6.42 Å². The Balaban J connectivity index is 2.68. The first-order valence-corrected chi connectivity index (χ1v) is 6.22. The molecular weight excluding hydrogens is 260 g/mol. The maximum absolute atomic E-state index is 11.6. The number of hydrogen-bond acceptors (Lipinski definition) is 5. The highest BCUT2D eigenvalue weighted by molar-refractivity contribution is 5.79. The lowest BCUT2D eigenvalue weighted by Gasteiger charge is -2.24. The monoisotopic (exact) mass is 279 g/mol. The van der Waals surface area contributed by atoms with E-state index in [4.69, 9.17) is 10.5 Å². The van der Waals surface area contributed by atoms with Crippen molar-refractivity contribution in [2.24, 2.45) is 0 Å². The van der Waals surface area contributed by atoms with Gasteiger partial charge in [-0.1, -0.05) is 12.1 Å². The lowest BCUT2D eigenvalue weighted by atomic mass is 10.1. The van der Waals surface area contributed by atoms with E-state index in [1.165, 1.54) is 0 Å². The molecule has 0 spiro atoms. The van der Waals surface area contributed by atoms with Crippen molar-refractivity contribution in [1.29, 1.82) is 0 Å². The highest BCUT2D eigenvalue weighted by Crippen LogP contribution is 2.10. The number of nitrogens with one attached hydrogen (secondary N) is 1. The molecule has 6 heteroatoms. The van der Waals surface area contributed by atoms with E-state index in [1.54, 1.807) is 45.0 Å². The number of ether oxygens (including phenoxy) is 1. The summed E-state index contributed by atoms with van der Waals surface area (Å²) < 4.78 is 5.01. The van der Waals surface area contributed by atoms with Crippen LogP contribution in [0.2, 0.25) is 0 Å². The van der Waals surface area contributed by atoms with E-state index in [0.29, 0.717) is 5.69 Å². The second kappa shape index (κ2) is 6.27. The Morgan fingerprint density at radius 1 is 1.30 bits per heavy atom. The zero-order chi connectivity index (χ0) is 15.3. The highest BCUT2D eigenvalue weighted by Gasteiger charge is 2.20. The normalized spacial score (nSPS) is 12.6. The molecule has 6 nitrogen and oxygen atoms in total. The molecule has 1 aromatic carbocycles. The van der Waals surface area contributed by atoms with Crippen molar-refractivity contribution in [3.8, 4) is 0 Å². The number of carboxylic acids is 1. The van der Waals surface area contributed by atoms with Gasteiger partial charge in [0.05, 0.1) is 12.0 Å². The topological polar surface area (TPSA) is 104 Å². The third-order valence-electron chi connectivity index (χ3n) is 2.40. The molecule has 1 rings (SSSR count). The number of nitrogen functional groups attached to an aromatic ring is 1. The van der Waals surface area contributed by atoms with Gasteiger partial charge in [0.15, 0.2) is 0 Å². The van der Waals surface area contributed by atoms with Gasteiger partial charge in [-0.2, -0.15) is 0 Å². The van der Waals surface area contributed by atoms with E-state index < -0.39 is 23.7 Å². The van der Waals surface area contributed by atoms with Gasteiger partial charge in [-0.25, -0.2) is 4.79 Å². The van der Waals surface area contributed by atoms with Crippen LogP contribution in [0.25, 0.3) is 0 Å². The Kier molecular flexibility index (Phi) is 4.96. The van der Waals surface area contributed by atoms with Gasteiger partial charge in [0.1, 0.15) is 5.60 Å². The summed E-state index contributed by atoms with van der Waals surface area (Å²) in [7, 11) is 0. The largest absolute Gasteiger partial charge is 0.548 e. The van der Waals surface area contributed by atoms with E-state index in [0.717, 1.165) is 5.56 Å². The predicted molar refractivity (Wildman–Crippen MR) is 72.7 cm³/mol. The molecule has 0 radical (unpaired) electrons. The maximum atomic E-state index is 11.6. The van der Waals surface area contributed by atoms with Crippen molar-refractivity contribution in [3.05, 3.63) is 29.8 Å². The van der Waals surface area contributed by atoms with Crippen LogP contribution in [0.4, 0.5) is 10.5 Å². The second-order valence-corrected chi connectivity index (χ2v) is 5.46. The van der Waals surface area contributed by atoms with Crippen LogP contribution in [0.15, 0.2) is 24.3 Å². The van der Waals surface area contributed by atoms with Gasteiger partial charge < -0.3 is 25.7 Å². The number of carbonyl (C=O) groups excluding carboxylic acids is 2. The molecule has 0 bridgehead atoms. The molecule has 20 heavy (non-hydrogen) atoms. The summed E-state index contributed by atoms with van der Waals surface area (Å²) in [6, 6.07) is 5.56. The Bertz CT molecular complexity index is 477. The van der Waals surface area contributed by atoms with Gasteiger partial charge in [0.25, 0.3) is 0 Å². The molecule has 0 saturated heterocycles. The minimum absolute atomic E-state index is 0.0991. The zero-order valence-electron chi connectivity index (χ0n) is 11.8. The van der Waals surface area contributed by atoms with Gasteiger partial charge in [0.2, 0.25) is 0 Å². The van der Waals surface area contributed by atoms with Crippen LogP contribution in [0.5, 0.6) is 0 Å². The van der Waals surface area contributed by atoms with Crippen molar-refractivity contribution in [1.82, 2.24) is 5.32 Å². The molecule has 1 atom stereocenters. The van der Waals surface area contributed by atoms with Gasteiger partial charge in [-0.15, -0.1) is 0 Å². The number of rotatable bonds is 4. The summed E-state index contributed by atoms with van der Waals surface area (Å²) in [6.45, 7) is 5.09. The summed E-state index contributed by atoms with van der Waals surface area (Å²) >= 11 is 0. The number of amides is 1. The van der Waals surface area contributed by atoms with Crippen molar-refractivity contribution in [2.75, 3.05) is 5.73 Å². The van der Waals surface area contributed by atoms with Crippen molar-refractivity contribution >= 4 is 17.7 Å². The summed E-state index contributed by atoms with van der Waals surface area (Å²) in [5, 5.41) is 13.3. The average Bonchev–Trinajstić information content (AvgIpc) is 2.28. The average molecular weight is 279 g/mol. The Hall–Kier alpha value is -2.24. The van der Waals surface area contributed by atoms with Crippen LogP contribution < -0.4 is 16.2 Å². The molecule has 1 amide bonds. The van der Waals surface area contributed by atoms with Crippen molar-refractivity contribution in [3.63, 3.8) is 0 Å². The van der Waals surface area contributed by atoms with Crippen LogP contribution in [0.3, 0.4) is 0 Å². The summed E-state index contributed by atoms with van der Waals surface area (Å²) in [5.74, 6) is -1.37. The Morgan fingerprint density at radius 2 is 1.85 bits per heavy atom. The molecule has 0 aromatic heterocycles. The van der Waals surface area contributed by atoms with Gasteiger partial charge >= 0.3 is 6.09 Å². The van der Waals surface area contributed by atoms with E-state index >= 15 is 0 Å². The Morgan fingerprint density at radius 3 is 2.30 bits per heavy atom. The lowest BCUT2D eigenvalue weighted by molar-refractivity contribution is -0.308. The fraction of sp³-hybridized carbons (Fsp3) is 0.429.